The van der Waals surface area contributed by atoms with Crippen LogP contribution in [-0.4, -0.2) is 57.2 Å². The number of hydroxylamine groups is 2. The highest BCUT2D eigenvalue weighted by atomic mass is 32.1. The zero-order valence-corrected chi connectivity index (χ0v) is 20.8. The standard InChI is InChI=1S/C26H28N4O5S/c1-2-15-29(34)23(31)20-10-12-21(13-11-20)30(25-27-14-17-36-25)24(32)22-9-6-16-28(22)26(33)35-18-19-7-4-3-5-8-19/h3-5,7-8,10-14,17,22,34H,2,6,9,15-16,18H2,1H3. The maximum absolute atomic E-state index is 13.8. The normalized spacial score (nSPS) is 14.9. The van der Waals surface area contributed by atoms with Crippen molar-refractivity contribution < 1.29 is 24.3 Å². The van der Waals surface area contributed by atoms with Crippen molar-refractivity contribution in [3.63, 3.8) is 0 Å². The fraction of sp³-hybridized carbons (Fsp3) is 0.308. The highest BCUT2D eigenvalue weighted by Crippen LogP contribution is 2.32. The van der Waals surface area contributed by atoms with E-state index in [1.54, 1.807) is 35.8 Å². The van der Waals surface area contributed by atoms with E-state index in [1.165, 1.54) is 21.1 Å². The molecule has 2 aromatic carbocycles. The molecule has 1 N–H and O–H groups in total. The van der Waals surface area contributed by atoms with Crippen LogP contribution >= 0.6 is 11.3 Å². The van der Waals surface area contributed by atoms with Crippen molar-refractivity contribution in [1.82, 2.24) is 14.9 Å². The van der Waals surface area contributed by atoms with Crippen molar-refractivity contribution in [2.45, 2.75) is 38.8 Å². The van der Waals surface area contributed by atoms with E-state index in [9.17, 15) is 19.6 Å². The second-order valence-electron chi connectivity index (χ2n) is 8.36. The van der Waals surface area contributed by atoms with Gasteiger partial charge in [-0.05, 0) is 49.1 Å². The Morgan fingerprint density at radius 1 is 1.14 bits per heavy atom. The number of aromatic nitrogens is 1. The molecular weight excluding hydrogens is 480 g/mol. The van der Waals surface area contributed by atoms with Crippen molar-refractivity contribution in [3.8, 4) is 0 Å². The number of carbonyl (C=O) groups is 3. The Labute approximate surface area is 213 Å². The van der Waals surface area contributed by atoms with E-state index in [2.05, 4.69) is 4.98 Å². The summed E-state index contributed by atoms with van der Waals surface area (Å²) in [4.78, 5) is 46.3. The summed E-state index contributed by atoms with van der Waals surface area (Å²) in [6.45, 7) is 2.64. The zero-order valence-electron chi connectivity index (χ0n) is 19.9. The maximum atomic E-state index is 13.8. The molecule has 0 radical (unpaired) electrons. The molecule has 1 aliphatic rings. The molecule has 2 heterocycles. The Kier molecular flexibility index (Phi) is 8.29. The van der Waals surface area contributed by atoms with Gasteiger partial charge >= 0.3 is 6.09 Å². The highest BCUT2D eigenvalue weighted by Gasteiger charge is 2.39. The summed E-state index contributed by atoms with van der Waals surface area (Å²) >= 11 is 1.30. The van der Waals surface area contributed by atoms with Crippen LogP contribution in [0.3, 0.4) is 0 Å². The number of rotatable bonds is 8. The molecule has 9 nitrogen and oxygen atoms in total. The van der Waals surface area contributed by atoms with Gasteiger partial charge in [0.25, 0.3) is 11.8 Å². The van der Waals surface area contributed by atoms with Crippen LogP contribution < -0.4 is 4.90 Å². The predicted octanol–water partition coefficient (Wildman–Crippen LogP) is 4.85. The van der Waals surface area contributed by atoms with Gasteiger partial charge in [0.1, 0.15) is 12.6 Å². The quantitative estimate of drug-likeness (QED) is 0.345. The van der Waals surface area contributed by atoms with Crippen LogP contribution in [0.4, 0.5) is 15.6 Å². The average molecular weight is 509 g/mol. The minimum absolute atomic E-state index is 0.128. The number of hydrogen-bond donors (Lipinski definition) is 1. The first-order valence-corrected chi connectivity index (χ1v) is 12.7. The fourth-order valence-corrected chi connectivity index (χ4v) is 4.73. The minimum Gasteiger partial charge on any atom is -0.445 e. The van der Waals surface area contributed by atoms with Gasteiger partial charge in [0.15, 0.2) is 5.13 Å². The molecule has 1 aromatic heterocycles. The van der Waals surface area contributed by atoms with E-state index in [-0.39, 0.29) is 19.1 Å². The van der Waals surface area contributed by atoms with Crippen LogP contribution in [0.25, 0.3) is 0 Å². The van der Waals surface area contributed by atoms with E-state index in [0.29, 0.717) is 47.3 Å². The number of ether oxygens (including phenoxy) is 1. The molecule has 0 bridgehead atoms. The van der Waals surface area contributed by atoms with Gasteiger partial charge in [-0.2, -0.15) is 0 Å². The number of hydrogen-bond acceptors (Lipinski definition) is 7. The van der Waals surface area contributed by atoms with Gasteiger partial charge in [-0.3, -0.25) is 24.6 Å². The first-order valence-electron chi connectivity index (χ1n) is 11.8. The third-order valence-corrected chi connectivity index (χ3v) is 6.61. The average Bonchev–Trinajstić information content (AvgIpc) is 3.61. The maximum Gasteiger partial charge on any atom is 0.410 e. The molecule has 188 valence electrons. The molecule has 1 fully saturated rings. The monoisotopic (exact) mass is 508 g/mol. The van der Waals surface area contributed by atoms with Gasteiger partial charge in [-0.25, -0.2) is 14.8 Å². The smallest absolute Gasteiger partial charge is 0.410 e. The van der Waals surface area contributed by atoms with E-state index < -0.39 is 18.0 Å². The van der Waals surface area contributed by atoms with Crippen LogP contribution in [0.2, 0.25) is 0 Å². The lowest BCUT2D eigenvalue weighted by atomic mass is 10.1. The first-order chi connectivity index (χ1) is 17.5. The number of nitrogens with zero attached hydrogens (tertiary/aromatic N) is 4. The number of thiazole rings is 1. The van der Waals surface area contributed by atoms with E-state index in [1.807, 2.05) is 37.3 Å². The van der Waals surface area contributed by atoms with Gasteiger partial charge in [0.2, 0.25) is 0 Å². The summed E-state index contributed by atoms with van der Waals surface area (Å²) in [6.07, 6.45) is 2.88. The lowest BCUT2D eigenvalue weighted by Gasteiger charge is -2.28. The highest BCUT2D eigenvalue weighted by molar-refractivity contribution is 7.13. The van der Waals surface area contributed by atoms with Crippen molar-refractivity contribution in [3.05, 3.63) is 77.3 Å². The van der Waals surface area contributed by atoms with E-state index >= 15 is 0 Å². The Hall–Kier alpha value is -3.76. The van der Waals surface area contributed by atoms with Crippen molar-refractivity contribution >= 4 is 40.1 Å². The second-order valence-corrected chi connectivity index (χ2v) is 9.23. The largest absolute Gasteiger partial charge is 0.445 e. The number of benzene rings is 2. The molecule has 4 rings (SSSR count). The second kappa shape index (κ2) is 11.8. The SMILES string of the molecule is CCCN(O)C(=O)c1ccc(N(C(=O)C2CCCN2C(=O)OCc2ccccc2)c2nccs2)cc1. The van der Waals surface area contributed by atoms with E-state index in [4.69, 9.17) is 4.74 Å². The molecule has 10 heteroatoms. The molecular formula is C26H28N4O5S. The third-order valence-electron chi connectivity index (χ3n) is 5.85. The van der Waals surface area contributed by atoms with Crippen LogP contribution in [0.1, 0.15) is 42.1 Å². The lowest BCUT2D eigenvalue weighted by Crippen LogP contribution is -2.46. The van der Waals surface area contributed by atoms with E-state index in [0.717, 1.165) is 5.56 Å². The fourth-order valence-electron chi connectivity index (χ4n) is 4.07. The summed E-state index contributed by atoms with van der Waals surface area (Å²) < 4.78 is 5.49. The van der Waals surface area contributed by atoms with Gasteiger partial charge in [0.05, 0.1) is 5.69 Å². The molecule has 0 aliphatic carbocycles. The summed E-state index contributed by atoms with van der Waals surface area (Å²) in [7, 11) is 0. The van der Waals surface area contributed by atoms with Crippen molar-refractivity contribution in [1.29, 1.82) is 0 Å². The van der Waals surface area contributed by atoms with Gasteiger partial charge < -0.3 is 4.74 Å². The first kappa shape index (κ1) is 25.3. The Morgan fingerprint density at radius 2 is 1.89 bits per heavy atom. The van der Waals surface area contributed by atoms with Gasteiger partial charge in [-0.15, -0.1) is 11.3 Å². The third kappa shape index (κ3) is 5.72. The Morgan fingerprint density at radius 3 is 2.56 bits per heavy atom. The number of carbonyl (C=O) groups excluding carboxylic acids is 3. The zero-order chi connectivity index (χ0) is 25.5. The topological polar surface area (TPSA) is 103 Å². The molecule has 0 saturated carbocycles. The molecule has 1 atom stereocenters. The summed E-state index contributed by atoms with van der Waals surface area (Å²) in [5.74, 6) is -0.813. The van der Waals surface area contributed by atoms with Crippen molar-refractivity contribution in [2.75, 3.05) is 18.0 Å². The minimum atomic E-state index is -0.698. The number of likely N-dealkylation sites (tertiary alicyclic amines) is 1. The number of anilines is 2. The van der Waals surface area contributed by atoms with Gasteiger partial charge in [-0.1, -0.05) is 37.3 Å². The molecule has 1 aliphatic heterocycles. The Balaban J connectivity index is 1.52. The molecule has 3 aromatic rings. The van der Waals surface area contributed by atoms with Crippen molar-refractivity contribution in [2.24, 2.45) is 0 Å². The molecule has 1 saturated heterocycles. The van der Waals surface area contributed by atoms with Crippen LogP contribution in [0.15, 0.2) is 66.2 Å². The molecule has 1 unspecified atom stereocenters. The molecule has 0 spiro atoms. The summed E-state index contributed by atoms with van der Waals surface area (Å²) in [5.41, 5.74) is 1.68. The lowest BCUT2D eigenvalue weighted by molar-refractivity contribution is -0.121. The summed E-state index contributed by atoms with van der Waals surface area (Å²) in [6, 6.07) is 15.1. The van der Waals surface area contributed by atoms with Crippen LogP contribution in [-0.2, 0) is 16.1 Å². The Bertz CT molecular complexity index is 1170. The van der Waals surface area contributed by atoms with Gasteiger partial charge in [0, 0.05) is 30.2 Å². The molecule has 36 heavy (non-hydrogen) atoms. The van der Waals surface area contributed by atoms with Crippen LogP contribution in [0, 0.1) is 0 Å². The van der Waals surface area contributed by atoms with Crippen LogP contribution in [0.5, 0.6) is 0 Å². The number of amides is 3. The molecule has 3 amide bonds. The predicted molar refractivity (Wildman–Crippen MR) is 135 cm³/mol. The summed E-state index contributed by atoms with van der Waals surface area (Å²) in [5, 5.41) is 12.8.